The molecule has 0 aliphatic heterocycles. The Labute approximate surface area is 133 Å². The van der Waals surface area contributed by atoms with Gasteiger partial charge >= 0.3 is 0 Å². The fraction of sp³-hybridized carbons (Fsp3) is 0.278. The van der Waals surface area contributed by atoms with Gasteiger partial charge in [0.2, 0.25) is 0 Å². The van der Waals surface area contributed by atoms with Crippen LogP contribution in [0.3, 0.4) is 0 Å². The minimum Gasteiger partial charge on any atom is -0.442 e. The zero-order valence-corrected chi connectivity index (χ0v) is 14.3. The fourth-order valence-corrected chi connectivity index (χ4v) is 7.31. The summed E-state index contributed by atoms with van der Waals surface area (Å²) in [6.07, 6.45) is 0. The Balaban J connectivity index is 2.61. The van der Waals surface area contributed by atoms with E-state index in [2.05, 4.69) is 45.0 Å². The van der Waals surface area contributed by atoms with Gasteiger partial charge in [-0.3, -0.25) is 4.79 Å². The van der Waals surface area contributed by atoms with Crippen LogP contribution in [-0.2, 0) is 14.0 Å². The van der Waals surface area contributed by atoms with Crippen LogP contribution in [0.2, 0.25) is 5.04 Å². The van der Waals surface area contributed by atoms with Crippen LogP contribution in [0, 0.1) is 0 Å². The second kappa shape index (κ2) is 6.90. The molecule has 3 nitrogen and oxygen atoms in total. The van der Waals surface area contributed by atoms with E-state index in [-0.39, 0.29) is 11.8 Å². The summed E-state index contributed by atoms with van der Waals surface area (Å²) in [7, 11) is -2.57. The van der Waals surface area contributed by atoms with E-state index in [1.165, 1.54) is 10.4 Å². The smallest absolute Gasteiger partial charge is 0.295 e. The van der Waals surface area contributed by atoms with Crippen molar-refractivity contribution in [1.82, 2.24) is 0 Å². The highest BCUT2D eigenvalue weighted by Gasteiger charge is 2.50. The summed E-state index contributed by atoms with van der Waals surface area (Å²) in [5, 5.41) is 2.23. The van der Waals surface area contributed by atoms with Crippen molar-refractivity contribution in [2.24, 2.45) is 0 Å². The van der Waals surface area contributed by atoms with Gasteiger partial charge in [0.15, 0.2) is 6.79 Å². The van der Waals surface area contributed by atoms with Crippen LogP contribution in [0.1, 0.15) is 20.8 Å². The lowest BCUT2D eigenvalue weighted by Gasteiger charge is -2.42. The largest absolute Gasteiger partial charge is 0.442 e. The molecule has 0 aliphatic carbocycles. The summed E-state index contributed by atoms with van der Waals surface area (Å²) in [6.45, 7) is 6.94. The van der Waals surface area contributed by atoms with Gasteiger partial charge in [0.25, 0.3) is 14.8 Å². The maximum absolute atomic E-state index is 10.5. The molecular weight excluding hydrogens is 292 g/mol. The van der Waals surface area contributed by atoms with Crippen LogP contribution >= 0.6 is 0 Å². The third-order valence-corrected chi connectivity index (χ3v) is 8.78. The highest BCUT2D eigenvalue weighted by Crippen LogP contribution is 2.36. The molecule has 0 heterocycles. The second-order valence-electron chi connectivity index (χ2n) is 6.19. The van der Waals surface area contributed by atoms with Crippen LogP contribution in [-0.4, -0.2) is 21.6 Å². The molecule has 2 rings (SSSR count). The van der Waals surface area contributed by atoms with E-state index >= 15 is 0 Å². The van der Waals surface area contributed by atoms with Gasteiger partial charge in [0.05, 0.1) is 0 Å². The first kappa shape index (κ1) is 16.5. The summed E-state index contributed by atoms with van der Waals surface area (Å²) >= 11 is 0. The summed E-state index contributed by atoms with van der Waals surface area (Å²) in [6, 6.07) is 20.5. The molecule has 0 radical (unpaired) electrons. The zero-order valence-electron chi connectivity index (χ0n) is 13.3. The number of hydrogen-bond acceptors (Lipinski definition) is 3. The van der Waals surface area contributed by atoms with E-state index in [0.29, 0.717) is 6.47 Å². The van der Waals surface area contributed by atoms with Gasteiger partial charge in [0.1, 0.15) is 0 Å². The fourth-order valence-electron chi connectivity index (χ4n) is 2.91. The van der Waals surface area contributed by atoms with Crippen molar-refractivity contribution in [2.45, 2.75) is 25.8 Å². The maximum atomic E-state index is 10.5. The molecule has 2 aromatic rings. The van der Waals surface area contributed by atoms with E-state index in [1.54, 1.807) is 0 Å². The SMILES string of the molecule is CC(C)(C)[Si](OCOC=O)(c1ccccc1)c1ccccc1. The number of carbonyl (C=O) groups is 1. The molecule has 0 saturated carbocycles. The predicted molar refractivity (Wildman–Crippen MR) is 90.7 cm³/mol. The molecule has 0 fully saturated rings. The first-order valence-corrected chi connectivity index (χ1v) is 9.23. The summed E-state index contributed by atoms with van der Waals surface area (Å²) in [5.41, 5.74) is 0. The Bertz CT molecular complexity index is 551. The molecule has 0 atom stereocenters. The minimum atomic E-state index is -2.57. The lowest BCUT2D eigenvalue weighted by atomic mass is 10.2. The Hall–Kier alpha value is -1.91. The molecule has 0 unspecified atom stereocenters. The Morgan fingerprint density at radius 3 is 1.73 bits per heavy atom. The Morgan fingerprint density at radius 2 is 1.36 bits per heavy atom. The van der Waals surface area contributed by atoms with Gasteiger partial charge in [-0.15, -0.1) is 0 Å². The maximum Gasteiger partial charge on any atom is 0.295 e. The van der Waals surface area contributed by atoms with Crippen LogP contribution in [0.4, 0.5) is 0 Å². The molecular formula is C18H22O3Si. The molecule has 22 heavy (non-hydrogen) atoms. The van der Waals surface area contributed by atoms with Crippen molar-refractivity contribution in [3.05, 3.63) is 60.7 Å². The normalized spacial score (nSPS) is 12.0. The van der Waals surface area contributed by atoms with E-state index in [9.17, 15) is 4.79 Å². The Kier molecular flexibility index (Phi) is 5.16. The first-order valence-electron chi connectivity index (χ1n) is 7.32. The van der Waals surface area contributed by atoms with Crippen LogP contribution in [0.5, 0.6) is 0 Å². The van der Waals surface area contributed by atoms with E-state index in [1.807, 2.05) is 36.4 Å². The number of ether oxygens (including phenoxy) is 1. The van der Waals surface area contributed by atoms with Crippen molar-refractivity contribution in [1.29, 1.82) is 0 Å². The summed E-state index contributed by atoms with van der Waals surface area (Å²) in [5.74, 6) is 0. The molecule has 0 saturated heterocycles. The number of benzene rings is 2. The quantitative estimate of drug-likeness (QED) is 0.356. The van der Waals surface area contributed by atoms with Crippen molar-refractivity contribution in [2.75, 3.05) is 6.79 Å². The van der Waals surface area contributed by atoms with Crippen molar-refractivity contribution in [3.8, 4) is 0 Å². The molecule has 116 valence electrons. The highest BCUT2D eigenvalue weighted by atomic mass is 28.4. The van der Waals surface area contributed by atoms with Crippen LogP contribution in [0.25, 0.3) is 0 Å². The number of hydrogen-bond donors (Lipinski definition) is 0. The lowest BCUT2D eigenvalue weighted by molar-refractivity contribution is -0.135. The zero-order chi connectivity index (χ0) is 16.1. The monoisotopic (exact) mass is 314 g/mol. The molecule has 2 aromatic carbocycles. The molecule has 0 bridgehead atoms. The molecule has 0 N–H and O–H groups in total. The predicted octanol–water partition coefficient (Wildman–Crippen LogP) is 2.69. The van der Waals surface area contributed by atoms with Gasteiger partial charge in [0, 0.05) is 0 Å². The number of rotatable bonds is 6. The van der Waals surface area contributed by atoms with E-state index in [4.69, 9.17) is 9.16 Å². The van der Waals surface area contributed by atoms with Crippen LogP contribution < -0.4 is 10.4 Å². The standard InChI is InChI=1S/C18H22O3Si/c1-18(2,3)22(21-15-20-14-19,16-10-6-4-7-11-16)17-12-8-5-9-13-17/h4-14H,15H2,1-3H3. The number of carbonyl (C=O) groups excluding carboxylic acids is 1. The first-order chi connectivity index (χ1) is 10.5. The van der Waals surface area contributed by atoms with Gasteiger partial charge in [-0.25, -0.2) is 0 Å². The molecule has 0 aromatic heterocycles. The third kappa shape index (κ3) is 3.13. The van der Waals surface area contributed by atoms with E-state index in [0.717, 1.165) is 0 Å². The second-order valence-corrected chi connectivity index (χ2v) is 10.5. The van der Waals surface area contributed by atoms with Crippen LogP contribution in [0.15, 0.2) is 60.7 Å². The summed E-state index contributed by atoms with van der Waals surface area (Å²) in [4.78, 5) is 10.5. The van der Waals surface area contributed by atoms with Crippen molar-refractivity contribution < 1.29 is 14.0 Å². The summed E-state index contributed by atoms with van der Waals surface area (Å²) < 4.78 is 11.2. The van der Waals surface area contributed by atoms with Crippen molar-refractivity contribution >= 4 is 25.2 Å². The molecule has 4 heteroatoms. The van der Waals surface area contributed by atoms with Gasteiger partial charge in [-0.1, -0.05) is 81.4 Å². The van der Waals surface area contributed by atoms with Gasteiger partial charge in [-0.05, 0) is 15.4 Å². The molecule has 0 aliphatic rings. The van der Waals surface area contributed by atoms with Gasteiger partial charge in [-0.2, -0.15) is 0 Å². The third-order valence-electron chi connectivity index (χ3n) is 3.83. The van der Waals surface area contributed by atoms with Crippen molar-refractivity contribution in [3.63, 3.8) is 0 Å². The average molecular weight is 314 g/mol. The lowest BCUT2D eigenvalue weighted by Crippen LogP contribution is -2.66. The minimum absolute atomic E-state index is 0.0310. The van der Waals surface area contributed by atoms with Gasteiger partial charge < -0.3 is 9.16 Å². The Morgan fingerprint density at radius 1 is 0.909 bits per heavy atom. The van der Waals surface area contributed by atoms with E-state index < -0.39 is 8.32 Å². The average Bonchev–Trinajstić information content (AvgIpc) is 2.52. The molecule has 0 spiro atoms. The molecule has 0 amide bonds. The highest BCUT2D eigenvalue weighted by molar-refractivity contribution is 6.99. The topological polar surface area (TPSA) is 35.5 Å².